The maximum Gasteiger partial charge on any atom is 0.319 e. The molecule has 1 aromatic rings. The second-order valence-electron chi connectivity index (χ2n) is 5.43. The first-order valence-electron chi connectivity index (χ1n) is 6.45. The minimum absolute atomic E-state index is 0.113. The van der Waals surface area contributed by atoms with Gasteiger partial charge in [-0.3, -0.25) is 0 Å². The van der Waals surface area contributed by atoms with Gasteiger partial charge in [-0.05, 0) is 36.5 Å². The van der Waals surface area contributed by atoms with E-state index in [0.29, 0.717) is 22.3 Å². The predicted octanol–water partition coefficient (Wildman–Crippen LogP) is 3.91. The summed E-state index contributed by atoms with van der Waals surface area (Å²) in [7, 11) is 0. The number of benzene rings is 1. The Morgan fingerprint density at radius 2 is 2.05 bits per heavy atom. The Morgan fingerprint density at radius 1 is 1.35 bits per heavy atom. The summed E-state index contributed by atoms with van der Waals surface area (Å²) in [5.41, 5.74) is 0.404. The van der Waals surface area contributed by atoms with Crippen molar-refractivity contribution < 1.29 is 9.90 Å². The smallest absolute Gasteiger partial charge is 0.319 e. The molecule has 3 N–H and O–H groups in total. The van der Waals surface area contributed by atoms with Gasteiger partial charge in [-0.25, -0.2) is 4.79 Å². The van der Waals surface area contributed by atoms with Gasteiger partial charge in [-0.1, -0.05) is 37.0 Å². The molecule has 2 amide bonds. The summed E-state index contributed by atoms with van der Waals surface area (Å²) >= 11 is 11.7. The largest absolute Gasteiger partial charge is 0.396 e. The third-order valence-electron chi connectivity index (χ3n) is 2.92. The van der Waals surface area contributed by atoms with E-state index in [1.54, 1.807) is 18.2 Å². The number of hydrogen-bond acceptors (Lipinski definition) is 2. The molecule has 0 saturated carbocycles. The molecule has 0 bridgehead atoms. The summed E-state index contributed by atoms with van der Waals surface area (Å²) in [5, 5.41) is 15.4. The zero-order valence-electron chi connectivity index (χ0n) is 11.7. The van der Waals surface area contributed by atoms with Gasteiger partial charge >= 0.3 is 6.03 Å². The van der Waals surface area contributed by atoms with Gasteiger partial charge in [0.25, 0.3) is 0 Å². The molecule has 4 nitrogen and oxygen atoms in total. The topological polar surface area (TPSA) is 61.4 Å². The van der Waals surface area contributed by atoms with E-state index in [0.717, 1.165) is 12.8 Å². The van der Waals surface area contributed by atoms with Crippen LogP contribution in [0.15, 0.2) is 18.2 Å². The van der Waals surface area contributed by atoms with Crippen LogP contribution < -0.4 is 10.6 Å². The van der Waals surface area contributed by atoms with Crippen LogP contribution in [0, 0.1) is 5.41 Å². The lowest BCUT2D eigenvalue weighted by Crippen LogP contribution is -2.30. The van der Waals surface area contributed by atoms with Crippen LogP contribution in [0.3, 0.4) is 0 Å². The van der Waals surface area contributed by atoms with E-state index in [4.69, 9.17) is 28.3 Å². The second-order valence-corrected chi connectivity index (χ2v) is 6.27. The highest BCUT2D eigenvalue weighted by Crippen LogP contribution is 2.25. The third kappa shape index (κ3) is 5.99. The number of halogens is 2. The van der Waals surface area contributed by atoms with Crippen molar-refractivity contribution in [2.45, 2.75) is 26.7 Å². The molecule has 0 saturated heterocycles. The summed E-state index contributed by atoms with van der Waals surface area (Å²) in [6.07, 6.45) is 1.64. The van der Waals surface area contributed by atoms with Crippen molar-refractivity contribution >= 4 is 34.9 Å². The standard InChI is InChI=1S/C14H20Cl2N2O2/c1-14(2,9-19)6-3-7-17-13(20)18-12-5-4-10(15)8-11(12)16/h4-5,8,19H,3,6-7,9H2,1-2H3,(H2,17,18,20). The van der Waals surface area contributed by atoms with E-state index in [9.17, 15) is 4.79 Å². The van der Waals surface area contributed by atoms with Crippen LogP contribution in [0.1, 0.15) is 26.7 Å². The Balaban J connectivity index is 2.34. The number of aliphatic hydroxyl groups excluding tert-OH is 1. The van der Waals surface area contributed by atoms with Gasteiger partial charge in [-0.15, -0.1) is 0 Å². The van der Waals surface area contributed by atoms with Gasteiger partial charge in [-0.2, -0.15) is 0 Å². The SMILES string of the molecule is CC(C)(CO)CCCNC(=O)Nc1ccc(Cl)cc1Cl. The molecule has 1 rings (SSSR count). The summed E-state index contributed by atoms with van der Waals surface area (Å²) in [6, 6.07) is 4.57. The lowest BCUT2D eigenvalue weighted by molar-refractivity contribution is 0.148. The number of anilines is 1. The Morgan fingerprint density at radius 3 is 2.65 bits per heavy atom. The van der Waals surface area contributed by atoms with Crippen LogP contribution in [-0.4, -0.2) is 24.3 Å². The molecule has 0 radical (unpaired) electrons. The first-order valence-corrected chi connectivity index (χ1v) is 7.20. The number of rotatable bonds is 6. The number of nitrogens with one attached hydrogen (secondary N) is 2. The van der Waals surface area contributed by atoms with Crippen LogP contribution in [0.2, 0.25) is 10.0 Å². The number of carbonyl (C=O) groups excluding carboxylic acids is 1. The fourth-order valence-corrected chi connectivity index (χ4v) is 2.06. The Hall–Kier alpha value is -0.970. The molecular weight excluding hydrogens is 299 g/mol. The highest BCUT2D eigenvalue weighted by Gasteiger charge is 2.15. The highest BCUT2D eigenvalue weighted by atomic mass is 35.5. The molecule has 0 unspecified atom stereocenters. The fraction of sp³-hybridized carbons (Fsp3) is 0.500. The first kappa shape index (κ1) is 17.1. The number of aliphatic hydroxyl groups is 1. The van der Waals surface area contributed by atoms with Crippen molar-refractivity contribution in [1.29, 1.82) is 0 Å². The average molecular weight is 319 g/mol. The number of carbonyl (C=O) groups is 1. The van der Waals surface area contributed by atoms with E-state index in [2.05, 4.69) is 10.6 Å². The van der Waals surface area contributed by atoms with Gasteiger partial charge in [0.15, 0.2) is 0 Å². The van der Waals surface area contributed by atoms with E-state index in [-0.39, 0.29) is 18.1 Å². The molecule has 0 atom stereocenters. The lowest BCUT2D eigenvalue weighted by Gasteiger charge is -2.21. The molecule has 6 heteroatoms. The molecule has 20 heavy (non-hydrogen) atoms. The monoisotopic (exact) mass is 318 g/mol. The van der Waals surface area contributed by atoms with Crippen molar-refractivity contribution in [2.24, 2.45) is 5.41 Å². The van der Waals surface area contributed by atoms with E-state index < -0.39 is 0 Å². The van der Waals surface area contributed by atoms with Crippen LogP contribution in [0.25, 0.3) is 0 Å². The van der Waals surface area contributed by atoms with Crippen molar-refractivity contribution in [2.75, 3.05) is 18.5 Å². The van der Waals surface area contributed by atoms with E-state index in [1.807, 2.05) is 13.8 Å². The van der Waals surface area contributed by atoms with Gasteiger partial charge < -0.3 is 15.7 Å². The third-order valence-corrected chi connectivity index (χ3v) is 3.47. The predicted molar refractivity (Wildman–Crippen MR) is 83.6 cm³/mol. The zero-order valence-corrected chi connectivity index (χ0v) is 13.2. The fourth-order valence-electron chi connectivity index (χ4n) is 1.61. The van der Waals surface area contributed by atoms with Crippen LogP contribution in [0.5, 0.6) is 0 Å². The first-order chi connectivity index (χ1) is 9.34. The van der Waals surface area contributed by atoms with Gasteiger partial charge in [0.05, 0.1) is 10.7 Å². The van der Waals surface area contributed by atoms with Crippen LogP contribution >= 0.6 is 23.2 Å². The van der Waals surface area contributed by atoms with Crippen molar-refractivity contribution in [3.05, 3.63) is 28.2 Å². The minimum atomic E-state index is -0.309. The minimum Gasteiger partial charge on any atom is -0.396 e. The number of hydrogen-bond donors (Lipinski definition) is 3. The molecule has 0 heterocycles. The van der Waals surface area contributed by atoms with Crippen molar-refractivity contribution in [3.8, 4) is 0 Å². The molecular formula is C14H20Cl2N2O2. The molecule has 0 aliphatic heterocycles. The molecule has 112 valence electrons. The summed E-state index contributed by atoms with van der Waals surface area (Å²) < 4.78 is 0. The normalized spacial score (nSPS) is 11.2. The molecule has 0 aliphatic rings. The zero-order chi connectivity index (χ0) is 15.2. The van der Waals surface area contributed by atoms with Crippen LogP contribution in [0.4, 0.5) is 10.5 Å². The van der Waals surface area contributed by atoms with Gasteiger partial charge in [0.1, 0.15) is 0 Å². The van der Waals surface area contributed by atoms with E-state index in [1.165, 1.54) is 0 Å². The molecule has 0 aromatic heterocycles. The molecule has 1 aromatic carbocycles. The number of urea groups is 1. The molecule has 0 aliphatic carbocycles. The van der Waals surface area contributed by atoms with Crippen molar-refractivity contribution in [3.63, 3.8) is 0 Å². The summed E-state index contributed by atoms with van der Waals surface area (Å²) in [4.78, 5) is 11.7. The van der Waals surface area contributed by atoms with Crippen LogP contribution in [-0.2, 0) is 0 Å². The highest BCUT2D eigenvalue weighted by molar-refractivity contribution is 6.36. The quantitative estimate of drug-likeness (QED) is 0.696. The summed E-state index contributed by atoms with van der Waals surface area (Å²) in [5.74, 6) is 0. The van der Waals surface area contributed by atoms with E-state index >= 15 is 0 Å². The average Bonchev–Trinajstić information content (AvgIpc) is 2.38. The molecule has 0 spiro atoms. The Labute approximate surface area is 129 Å². The lowest BCUT2D eigenvalue weighted by atomic mass is 9.89. The maximum absolute atomic E-state index is 11.7. The van der Waals surface area contributed by atoms with Gasteiger partial charge in [0, 0.05) is 18.2 Å². The summed E-state index contributed by atoms with van der Waals surface area (Å²) in [6.45, 7) is 4.65. The Bertz CT molecular complexity index is 464. The second kappa shape index (κ2) is 7.72. The van der Waals surface area contributed by atoms with Gasteiger partial charge in [0.2, 0.25) is 0 Å². The number of amides is 2. The molecule has 0 fully saturated rings. The Kier molecular flexibility index (Phi) is 6.59. The maximum atomic E-state index is 11.7. The van der Waals surface area contributed by atoms with Crippen molar-refractivity contribution in [1.82, 2.24) is 5.32 Å².